The van der Waals surface area contributed by atoms with Crippen molar-refractivity contribution < 1.29 is 23.5 Å². The Bertz CT molecular complexity index is 1060. The lowest BCUT2D eigenvalue weighted by molar-refractivity contribution is -0.935. The van der Waals surface area contributed by atoms with E-state index in [0.717, 1.165) is 82.3 Å². The molecule has 1 heterocycles. The number of hydrogen-bond donors (Lipinski definition) is 0. The SMILES string of the molecule is CCCCCCCCCCN=Cc1ccc(OCCC[N+]2(CCCCCCCCCCOc3ccc(C=O)cc3)CCOCC2)cc1. The van der Waals surface area contributed by atoms with Crippen molar-refractivity contribution in [3.8, 4) is 11.5 Å². The first-order valence-electron chi connectivity index (χ1n) is 19.1. The number of ether oxygens (including phenoxy) is 3. The molecule has 0 spiro atoms. The molecule has 1 saturated heterocycles. The van der Waals surface area contributed by atoms with Crippen LogP contribution in [0.5, 0.6) is 11.5 Å². The van der Waals surface area contributed by atoms with Gasteiger partial charge in [-0.2, -0.15) is 0 Å². The van der Waals surface area contributed by atoms with Crippen molar-refractivity contribution >= 4 is 12.5 Å². The second kappa shape index (κ2) is 25.3. The Morgan fingerprint density at radius 3 is 1.70 bits per heavy atom. The van der Waals surface area contributed by atoms with Crippen LogP contribution < -0.4 is 9.47 Å². The summed E-state index contributed by atoms with van der Waals surface area (Å²) in [6, 6.07) is 15.8. The molecule has 0 atom stereocenters. The number of quaternary nitrogens is 1. The Hall–Kier alpha value is -2.70. The summed E-state index contributed by atoms with van der Waals surface area (Å²) in [6.45, 7) is 11.2. The molecule has 0 aromatic heterocycles. The highest BCUT2D eigenvalue weighted by Crippen LogP contribution is 2.18. The molecule has 1 aliphatic rings. The van der Waals surface area contributed by atoms with Crippen LogP contribution >= 0.6 is 0 Å². The fourth-order valence-corrected chi connectivity index (χ4v) is 6.48. The molecule has 0 radical (unpaired) electrons. The molecule has 262 valence electrons. The second-order valence-electron chi connectivity index (χ2n) is 13.5. The molecular weight excluding hydrogens is 584 g/mol. The highest BCUT2D eigenvalue weighted by atomic mass is 16.5. The Morgan fingerprint density at radius 2 is 1.11 bits per heavy atom. The molecule has 0 unspecified atom stereocenters. The molecule has 0 saturated carbocycles. The highest BCUT2D eigenvalue weighted by molar-refractivity contribution is 5.79. The van der Waals surface area contributed by atoms with Gasteiger partial charge in [-0.05, 0) is 79.8 Å². The quantitative estimate of drug-likeness (QED) is 0.0399. The van der Waals surface area contributed by atoms with Gasteiger partial charge in [0.05, 0.1) is 39.5 Å². The maximum absolute atomic E-state index is 10.7. The first-order valence-corrected chi connectivity index (χ1v) is 19.1. The third-order valence-corrected chi connectivity index (χ3v) is 9.54. The van der Waals surface area contributed by atoms with Crippen LogP contribution in [0.1, 0.15) is 132 Å². The van der Waals surface area contributed by atoms with E-state index in [0.29, 0.717) is 5.56 Å². The third kappa shape index (κ3) is 17.9. The number of nitrogens with zero attached hydrogens (tertiary/aromatic N) is 2. The van der Waals surface area contributed by atoms with Gasteiger partial charge in [-0.25, -0.2) is 0 Å². The Kier molecular flexibility index (Phi) is 20.9. The molecule has 0 aliphatic carbocycles. The van der Waals surface area contributed by atoms with Gasteiger partial charge < -0.3 is 18.7 Å². The van der Waals surface area contributed by atoms with E-state index in [2.05, 4.69) is 36.2 Å². The van der Waals surface area contributed by atoms with Crippen LogP contribution in [0.3, 0.4) is 0 Å². The number of carbonyl (C=O) groups excluding carboxylic acids is 1. The number of benzene rings is 2. The zero-order chi connectivity index (χ0) is 33.1. The van der Waals surface area contributed by atoms with E-state index in [1.54, 1.807) is 12.1 Å². The van der Waals surface area contributed by atoms with Crippen molar-refractivity contribution in [2.24, 2.45) is 4.99 Å². The van der Waals surface area contributed by atoms with Gasteiger partial charge in [0.1, 0.15) is 30.9 Å². The number of carbonyl (C=O) groups is 1. The molecule has 47 heavy (non-hydrogen) atoms. The molecule has 6 heteroatoms. The number of aliphatic imine (C=N–C) groups is 1. The Morgan fingerprint density at radius 1 is 0.617 bits per heavy atom. The van der Waals surface area contributed by atoms with Crippen LogP contribution in [-0.2, 0) is 4.74 Å². The summed E-state index contributed by atoms with van der Waals surface area (Å²) in [5.41, 5.74) is 1.84. The summed E-state index contributed by atoms with van der Waals surface area (Å²) in [5, 5.41) is 0. The first-order chi connectivity index (χ1) is 23.2. The van der Waals surface area contributed by atoms with Crippen LogP contribution in [0.4, 0.5) is 0 Å². The van der Waals surface area contributed by atoms with Gasteiger partial charge in [-0.3, -0.25) is 9.79 Å². The standard InChI is InChI=1S/C41H65N2O4/c1-2-3-4-5-6-9-12-15-27-42-36-38-19-23-40(24-20-38)47-33-18-29-43(30-34-45-35-31-43)28-16-13-10-7-8-11-14-17-32-46-41-25-21-39(37-44)22-26-41/h19-26,36-37H,2-18,27-35H2,1H3/q+1. The van der Waals surface area contributed by atoms with Crippen molar-refractivity contribution in [3.05, 3.63) is 59.7 Å². The maximum Gasteiger partial charge on any atom is 0.150 e. The van der Waals surface area contributed by atoms with E-state index in [4.69, 9.17) is 14.2 Å². The van der Waals surface area contributed by atoms with E-state index < -0.39 is 0 Å². The van der Waals surface area contributed by atoms with Crippen molar-refractivity contribution in [1.82, 2.24) is 0 Å². The third-order valence-electron chi connectivity index (χ3n) is 9.54. The summed E-state index contributed by atoms with van der Waals surface area (Å²) in [6.07, 6.45) is 24.8. The predicted octanol–water partition coefficient (Wildman–Crippen LogP) is 9.87. The van der Waals surface area contributed by atoms with Crippen molar-refractivity contribution in [2.75, 3.05) is 59.2 Å². The number of hydrogen-bond acceptors (Lipinski definition) is 5. The van der Waals surface area contributed by atoms with Crippen molar-refractivity contribution in [1.29, 1.82) is 0 Å². The number of unbranched alkanes of at least 4 members (excludes halogenated alkanes) is 14. The molecule has 0 bridgehead atoms. The normalized spacial score (nSPS) is 14.4. The fourth-order valence-electron chi connectivity index (χ4n) is 6.48. The van der Waals surface area contributed by atoms with Gasteiger partial charge >= 0.3 is 0 Å². The molecule has 1 fully saturated rings. The number of morpholine rings is 1. The van der Waals surface area contributed by atoms with Gasteiger partial charge in [0, 0.05) is 24.7 Å². The minimum Gasteiger partial charge on any atom is -0.494 e. The summed E-state index contributed by atoms with van der Waals surface area (Å²) >= 11 is 0. The minimum atomic E-state index is 0.687. The van der Waals surface area contributed by atoms with Crippen LogP contribution in [0, 0.1) is 0 Å². The van der Waals surface area contributed by atoms with Crippen LogP contribution in [0.15, 0.2) is 53.5 Å². The van der Waals surface area contributed by atoms with Crippen molar-refractivity contribution in [2.45, 2.75) is 116 Å². The van der Waals surface area contributed by atoms with Gasteiger partial charge in [-0.15, -0.1) is 0 Å². The molecule has 3 rings (SSSR count). The molecule has 6 nitrogen and oxygen atoms in total. The summed E-state index contributed by atoms with van der Waals surface area (Å²) in [7, 11) is 0. The van der Waals surface area contributed by atoms with Crippen LogP contribution in [-0.4, -0.2) is 76.1 Å². The number of rotatable bonds is 28. The summed E-state index contributed by atoms with van der Waals surface area (Å²) in [5.74, 6) is 1.80. The van der Waals surface area contributed by atoms with E-state index in [9.17, 15) is 4.79 Å². The molecule has 2 aromatic rings. The Balaban J connectivity index is 1.19. The van der Waals surface area contributed by atoms with Crippen molar-refractivity contribution in [3.63, 3.8) is 0 Å². The lowest BCUT2D eigenvalue weighted by Crippen LogP contribution is -2.56. The van der Waals surface area contributed by atoms with Gasteiger partial charge in [0.15, 0.2) is 0 Å². The smallest absolute Gasteiger partial charge is 0.150 e. The van der Waals surface area contributed by atoms with Gasteiger partial charge in [0.2, 0.25) is 0 Å². The van der Waals surface area contributed by atoms with Gasteiger partial charge in [-0.1, -0.05) is 84.0 Å². The molecule has 1 aliphatic heterocycles. The van der Waals surface area contributed by atoms with E-state index >= 15 is 0 Å². The molecule has 0 amide bonds. The molecular formula is C41H65N2O4+. The highest BCUT2D eigenvalue weighted by Gasteiger charge is 2.29. The summed E-state index contributed by atoms with van der Waals surface area (Å²) in [4.78, 5) is 15.4. The Labute approximate surface area is 286 Å². The minimum absolute atomic E-state index is 0.687. The topological polar surface area (TPSA) is 57.1 Å². The average Bonchev–Trinajstić information content (AvgIpc) is 3.11. The van der Waals surface area contributed by atoms with E-state index in [1.807, 2.05) is 18.3 Å². The van der Waals surface area contributed by atoms with E-state index in [1.165, 1.54) is 114 Å². The molecule has 2 aromatic carbocycles. The average molecular weight is 650 g/mol. The maximum atomic E-state index is 10.7. The van der Waals surface area contributed by atoms with Gasteiger partial charge in [0.25, 0.3) is 0 Å². The zero-order valence-electron chi connectivity index (χ0n) is 29.7. The van der Waals surface area contributed by atoms with Crippen LogP contribution in [0.2, 0.25) is 0 Å². The lowest BCUT2D eigenvalue weighted by atomic mass is 10.1. The second-order valence-corrected chi connectivity index (χ2v) is 13.5. The zero-order valence-corrected chi connectivity index (χ0v) is 29.7. The lowest BCUT2D eigenvalue weighted by Gasteiger charge is -2.41. The van der Waals surface area contributed by atoms with E-state index in [-0.39, 0.29) is 0 Å². The number of aldehydes is 1. The predicted molar refractivity (Wildman–Crippen MR) is 196 cm³/mol. The largest absolute Gasteiger partial charge is 0.494 e. The monoisotopic (exact) mass is 649 g/mol. The summed E-state index contributed by atoms with van der Waals surface area (Å²) < 4.78 is 18.8. The van der Waals surface area contributed by atoms with Crippen LogP contribution in [0.25, 0.3) is 0 Å². The fraction of sp³-hybridized carbons (Fsp3) is 0.659. The molecule has 0 N–H and O–H groups in total. The first kappa shape index (κ1) is 38.7.